The van der Waals surface area contributed by atoms with E-state index in [0.717, 1.165) is 43.5 Å². The summed E-state index contributed by atoms with van der Waals surface area (Å²) < 4.78 is 5.36. The van der Waals surface area contributed by atoms with Crippen molar-refractivity contribution in [3.63, 3.8) is 0 Å². The number of nitrogens with zero attached hydrogens (tertiary/aromatic N) is 2. The summed E-state index contributed by atoms with van der Waals surface area (Å²) in [6, 6.07) is 11.6. The molecule has 2 aromatic rings. The van der Waals surface area contributed by atoms with Gasteiger partial charge in [-0.1, -0.05) is 19.1 Å². The minimum atomic E-state index is -0.138. The molecule has 1 aliphatic heterocycles. The molecule has 3 rings (SSSR count). The molecule has 25 heavy (non-hydrogen) atoms. The van der Waals surface area contributed by atoms with Gasteiger partial charge in [0.25, 0.3) is 5.91 Å². The summed E-state index contributed by atoms with van der Waals surface area (Å²) in [5.74, 6) is 2.49. The summed E-state index contributed by atoms with van der Waals surface area (Å²) in [4.78, 5) is 18.9. The van der Waals surface area contributed by atoms with E-state index < -0.39 is 0 Å². The Kier molecular flexibility index (Phi) is 6.30. The molecule has 1 aliphatic rings. The van der Waals surface area contributed by atoms with Crippen LogP contribution in [0.1, 0.15) is 22.8 Å². The van der Waals surface area contributed by atoms with Crippen molar-refractivity contribution in [2.24, 2.45) is 0 Å². The first-order valence-corrected chi connectivity index (χ1v) is 9.68. The SMILES string of the molecule is CCSCc1ccc(C(=O)Nc2ccc(N3CCOCC3)cn2)cc1. The lowest BCUT2D eigenvalue weighted by Crippen LogP contribution is -2.36. The molecule has 132 valence electrons. The monoisotopic (exact) mass is 357 g/mol. The minimum absolute atomic E-state index is 0.138. The van der Waals surface area contributed by atoms with Crippen molar-refractivity contribution < 1.29 is 9.53 Å². The smallest absolute Gasteiger partial charge is 0.256 e. The average molecular weight is 357 g/mol. The maximum atomic E-state index is 12.3. The van der Waals surface area contributed by atoms with Gasteiger partial charge in [-0.2, -0.15) is 11.8 Å². The highest BCUT2D eigenvalue weighted by atomic mass is 32.2. The van der Waals surface area contributed by atoms with Gasteiger partial charge in [-0.25, -0.2) is 4.98 Å². The fourth-order valence-corrected chi connectivity index (χ4v) is 3.26. The Labute approximate surface area is 152 Å². The predicted molar refractivity (Wildman–Crippen MR) is 104 cm³/mol. The number of anilines is 2. The highest BCUT2D eigenvalue weighted by Gasteiger charge is 2.12. The van der Waals surface area contributed by atoms with Crippen molar-refractivity contribution in [3.8, 4) is 0 Å². The number of nitrogens with one attached hydrogen (secondary N) is 1. The van der Waals surface area contributed by atoms with E-state index in [1.54, 1.807) is 6.20 Å². The Morgan fingerprint density at radius 2 is 1.96 bits per heavy atom. The molecule has 2 heterocycles. The first kappa shape index (κ1) is 17.8. The van der Waals surface area contributed by atoms with Crippen molar-refractivity contribution in [2.75, 3.05) is 42.3 Å². The number of amides is 1. The normalized spacial score (nSPS) is 14.4. The Morgan fingerprint density at radius 1 is 1.20 bits per heavy atom. The van der Waals surface area contributed by atoms with Gasteiger partial charge in [-0.3, -0.25) is 4.79 Å². The number of benzene rings is 1. The fourth-order valence-electron chi connectivity index (χ4n) is 2.63. The highest BCUT2D eigenvalue weighted by Crippen LogP contribution is 2.17. The van der Waals surface area contributed by atoms with Crippen LogP contribution < -0.4 is 10.2 Å². The molecule has 0 unspecified atom stereocenters. The molecule has 0 spiro atoms. The third-order valence-corrected chi connectivity index (χ3v) is 5.00. The highest BCUT2D eigenvalue weighted by molar-refractivity contribution is 7.98. The molecule has 1 amide bonds. The molecule has 0 bridgehead atoms. The Bertz CT molecular complexity index is 683. The lowest BCUT2D eigenvalue weighted by Gasteiger charge is -2.28. The van der Waals surface area contributed by atoms with Crippen LogP contribution in [0.3, 0.4) is 0 Å². The van der Waals surface area contributed by atoms with E-state index >= 15 is 0 Å². The second kappa shape index (κ2) is 8.87. The Balaban J connectivity index is 1.58. The van der Waals surface area contributed by atoms with Crippen molar-refractivity contribution >= 4 is 29.2 Å². The fraction of sp³-hybridized carbons (Fsp3) is 0.368. The predicted octanol–water partition coefficient (Wildman–Crippen LogP) is 3.42. The zero-order valence-electron chi connectivity index (χ0n) is 14.4. The number of morpholine rings is 1. The lowest BCUT2D eigenvalue weighted by atomic mass is 10.1. The van der Waals surface area contributed by atoms with Gasteiger partial charge in [0.05, 0.1) is 25.1 Å². The van der Waals surface area contributed by atoms with Gasteiger partial charge in [0.15, 0.2) is 0 Å². The van der Waals surface area contributed by atoms with Crippen LogP contribution in [0, 0.1) is 0 Å². The van der Waals surface area contributed by atoms with Crippen LogP contribution in [-0.4, -0.2) is 42.9 Å². The van der Waals surface area contributed by atoms with Crippen LogP contribution >= 0.6 is 11.8 Å². The summed E-state index contributed by atoms with van der Waals surface area (Å²) in [6.07, 6.45) is 1.80. The van der Waals surface area contributed by atoms with Gasteiger partial charge in [0.2, 0.25) is 0 Å². The first-order chi connectivity index (χ1) is 12.3. The second-order valence-corrected chi connectivity index (χ2v) is 7.06. The maximum Gasteiger partial charge on any atom is 0.256 e. The van der Waals surface area contributed by atoms with E-state index in [2.05, 4.69) is 22.1 Å². The van der Waals surface area contributed by atoms with Gasteiger partial charge < -0.3 is 15.0 Å². The van der Waals surface area contributed by atoms with E-state index in [4.69, 9.17) is 4.74 Å². The van der Waals surface area contributed by atoms with Crippen molar-refractivity contribution in [1.29, 1.82) is 0 Å². The topological polar surface area (TPSA) is 54.5 Å². The first-order valence-electron chi connectivity index (χ1n) is 8.53. The zero-order valence-corrected chi connectivity index (χ0v) is 15.2. The quantitative estimate of drug-likeness (QED) is 0.858. The molecule has 0 aliphatic carbocycles. The van der Waals surface area contributed by atoms with Gasteiger partial charge in [-0.05, 0) is 35.6 Å². The Morgan fingerprint density at radius 3 is 2.60 bits per heavy atom. The van der Waals surface area contributed by atoms with Gasteiger partial charge in [-0.15, -0.1) is 0 Å². The second-order valence-electron chi connectivity index (χ2n) is 5.79. The molecular weight excluding hydrogens is 334 g/mol. The molecule has 5 nitrogen and oxygen atoms in total. The number of pyridine rings is 1. The molecular formula is C19H23N3O2S. The van der Waals surface area contributed by atoms with Crippen LogP contribution in [0.15, 0.2) is 42.6 Å². The molecule has 6 heteroatoms. The molecule has 1 N–H and O–H groups in total. The third kappa shape index (κ3) is 4.96. The van der Waals surface area contributed by atoms with E-state index in [-0.39, 0.29) is 5.91 Å². The van der Waals surface area contributed by atoms with Crippen molar-refractivity contribution in [1.82, 2.24) is 4.98 Å². The minimum Gasteiger partial charge on any atom is -0.378 e. The van der Waals surface area contributed by atoms with Gasteiger partial charge in [0.1, 0.15) is 5.82 Å². The number of aromatic nitrogens is 1. The van der Waals surface area contributed by atoms with Gasteiger partial charge in [0, 0.05) is 24.4 Å². The van der Waals surface area contributed by atoms with Crippen LogP contribution in [0.2, 0.25) is 0 Å². The van der Waals surface area contributed by atoms with Gasteiger partial charge >= 0.3 is 0 Å². The average Bonchev–Trinajstić information content (AvgIpc) is 2.68. The van der Waals surface area contributed by atoms with Crippen molar-refractivity contribution in [3.05, 3.63) is 53.7 Å². The molecule has 1 aromatic carbocycles. The molecule has 0 saturated carbocycles. The molecule has 1 saturated heterocycles. The maximum absolute atomic E-state index is 12.3. The Hall–Kier alpha value is -2.05. The number of carbonyl (C=O) groups is 1. The van der Waals surface area contributed by atoms with Crippen LogP contribution in [0.25, 0.3) is 0 Å². The van der Waals surface area contributed by atoms with E-state index in [9.17, 15) is 4.79 Å². The summed E-state index contributed by atoms with van der Waals surface area (Å²) >= 11 is 1.87. The molecule has 1 fully saturated rings. The summed E-state index contributed by atoms with van der Waals surface area (Å²) in [5.41, 5.74) is 2.93. The number of carbonyl (C=O) groups excluding carboxylic acids is 1. The van der Waals surface area contributed by atoms with E-state index in [0.29, 0.717) is 11.4 Å². The largest absolute Gasteiger partial charge is 0.378 e. The number of hydrogen-bond donors (Lipinski definition) is 1. The number of hydrogen-bond acceptors (Lipinski definition) is 5. The molecule has 0 radical (unpaired) electrons. The molecule has 1 aromatic heterocycles. The van der Waals surface area contributed by atoms with E-state index in [1.165, 1.54) is 5.56 Å². The third-order valence-electron chi connectivity index (χ3n) is 4.05. The summed E-state index contributed by atoms with van der Waals surface area (Å²) in [7, 11) is 0. The van der Waals surface area contributed by atoms with Crippen LogP contribution in [0.4, 0.5) is 11.5 Å². The number of thioether (sulfide) groups is 1. The standard InChI is InChI=1S/C19H23N3O2S/c1-2-25-14-15-3-5-16(6-4-15)19(23)21-18-8-7-17(13-20-18)22-9-11-24-12-10-22/h3-8,13H,2,9-12,14H2,1H3,(H,20,21,23). The van der Waals surface area contributed by atoms with E-state index in [1.807, 2.05) is 48.2 Å². The van der Waals surface area contributed by atoms with Crippen LogP contribution in [0.5, 0.6) is 0 Å². The van der Waals surface area contributed by atoms with Crippen molar-refractivity contribution in [2.45, 2.75) is 12.7 Å². The lowest BCUT2D eigenvalue weighted by molar-refractivity contribution is 0.102. The summed E-state index contributed by atoms with van der Waals surface area (Å²) in [5, 5.41) is 2.85. The number of ether oxygens (including phenoxy) is 1. The summed E-state index contributed by atoms with van der Waals surface area (Å²) in [6.45, 7) is 5.37. The van der Waals surface area contributed by atoms with Crippen LogP contribution in [-0.2, 0) is 10.5 Å². The molecule has 0 atom stereocenters. The zero-order chi connectivity index (χ0) is 17.5. The number of rotatable bonds is 6.